The number of benzene rings is 2. The zero-order valence-corrected chi connectivity index (χ0v) is 16.6. The van der Waals surface area contributed by atoms with E-state index in [0.717, 1.165) is 12.1 Å². The highest BCUT2D eigenvalue weighted by Gasteiger charge is 2.31. The third kappa shape index (κ3) is 4.76. The topological polar surface area (TPSA) is 66.5 Å². The van der Waals surface area contributed by atoms with Crippen LogP contribution < -0.4 is 5.32 Å². The van der Waals surface area contributed by atoms with Crippen LogP contribution in [-0.4, -0.2) is 38.1 Å². The minimum atomic E-state index is -3.59. The average molecular weight is 387 g/mol. The van der Waals surface area contributed by atoms with Crippen LogP contribution in [0.2, 0.25) is 0 Å². The zero-order valence-electron chi connectivity index (χ0n) is 15.8. The maximum atomic E-state index is 13.0. The van der Waals surface area contributed by atoms with Crippen LogP contribution in [0.5, 0.6) is 0 Å². The lowest BCUT2D eigenvalue weighted by Crippen LogP contribution is -2.42. The van der Waals surface area contributed by atoms with Crippen molar-refractivity contribution in [2.75, 3.05) is 25.0 Å². The van der Waals surface area contributed by atoms with Crippen LogP contribution in [0.4, 0.5) is 5.69 Å². The maximum Gasteiger partial charge on any atom is 0.243 e. The third-order valence-corrected chi connectivity index (χ3v) is 6.68. The standard InChI is InChI=1S/C21H26N2O3S/c1-16-11-17(2)15-23(14-16)27(25,26)20-10-6-7-18(12-20)21(24)13-22-19-8-4-3-5-9-19/h3-10,12,16-17,22H,11,13-15H2,1-2H3. The number of ketones is 1. The molecule has 2 unspecified atom stereocenters. The molecule has 1 heterocycles. The first kappa shape index (κ1) is 19.6. The van der Waals surface area contributed by atoms with Gasteiger partial charge in [-0.25, -0.2) is 8.42 Å². The Labute approximate surface area is 161 Å². The summed E-state index contributed by atoms with van der Waals surface area (Å²) in [5.74, 6) is 0.531. The van der Waals surface area contributed by atoms with Crippen LogP contribution in [0, 0.1) is 11.8 Å². The van der Waals surface area contributed by atoms with Crippen molar-refractivity contribution in [2.45, 2.75) is 25.2 Å². The highest BCUT2D eigenvalue weighted by molar-refractivity contribution is 7.89. The van der Waals surface area contributed by atoms with Crippen LogP contribution in [0.3, 0.4) is 0 Å². The molecule has 0 spiro atoms. The van der Waals surface area contributed by atoms with Crippen molar-refractivity contribution in [3.63, 3.8) is 0 Å². The molecule has 1 aliphatic heterocycles. The molecule has 1 N–H and O–H groups in total. The van der Waals surface area contributed by atoms with Crippen LogP contribution >= 0.6 is 0 Å². The van der Waals surface area contributed by atoms with Crippen molar-refractivity contribution in [2.24, 2.45) is 11.8 Å². The van der Waals surface area contributed by atoms with E-state index in [1.807, 2.05) is 30.3 Å². The number of para-hydroxylation sites is 1. The van der Waals surface area contributed by atoms with E-state index in [1.54, 1.807) is 22.5 Å². The second kappa shape index (κ2) is 8.23. The minimum absolute atomic E-state index is 0.116. The van der Waals surface area contributed by atoms with Crippen molar-refractivity contribution in [1.29, 1.82) is 0 Å². The van der Waals surface area contributed by atoms with E-state index in [-0.39, 0.29) is 17.2 Å². The summed E-state index contributed by atoms with van der Waals surface area (Å²) in [5.41, 5.74) is 1.25. The predicted molar refractivity (Wildman–Crippen MR) is 107 cm³/mol. The summed E-state index contributed by atoms with van der Waals surface area (Å²) in [6.45, 7) is 5.33. The second-order valence-corrected chi connectivity index (χ2v) is 9.38. The number of carbonyl (C=O) groups excluding carboxylic acids is 1. The average Bonchev–Trinajstić information content (AvgIpc) is 2.66. The number of Topliss-reactive ketones (excluding diaryl/α,β-unsaturated/α-hetero) is 1. The maximum absolute atomic E-state index is 13.0. The van der Waals surface area contributed by atoms with E-state index in [9.17, 15) is 13.2 Å². The fraction of sp³-hybridized carbons (Fsp3) is 0.381. The molecule has 1 fully saturated rings. The highest BCUT2D eigenvalue weighted by atomic mass is 32.2. The van der Waals surface area contributed by atoms with Crippen molar-refractivity contribution >= 4 is 21.5 Å². The molecule has 6 heteroatoms. The van der Waals surface area contributed by atoms with Crippen molar-refractivity contribution in [1.82, 2.24) is 4.31 Å². The Morgan fingerprint density at radius 1 is 1.04 bits per heavy atom. The van der Waals surface area contributed by atoms with Gasteiger partial charge in [-0.1, -0.05) is 44.2 Å². The van der Waals surface area contributed by atoms with Gasteiger partial charge in [0.2, 0.25) is 10.0 Å². The van der Waals surface area contributed by atoms with Gasteiger partial charge in [-0.3, -0.25) is 4.79 Å². The molecule has 5 nitrogen and oxygen atoms in total. The Hall–Kier alpha value is -2.18. The number of nitrogens with zero attached hydrogens (tertiary/aromatic N) is 1. The van der Waals surface area contributed by atoms with Crippen molar-refractivity contribution in [3.05, 3.63) is 60.2 Å². The number of carbonyl (C=O) groups is 1. The van der Waals surface area contributed by atoms with E-state index in [0.29, 0.717) is 30.5 Å². The summed E-state index contributed by atoms with van der Waals surface area (Å²) in [6.07, 6.45) is 1.04. The normalized spacial score (nSPS) is 21.0. The summed E-state index contributed by atoms with van der Waals surface area (Å²) in [5, 5.41) is 3.07. The zero-order chi connectivity index (χ0) is 19.4. The molecule has 2 aromatic rings. The van der Waals surface area contributed by atoms with Gasteiger partial charge < -0.3 is 5.32 Å². The third-order valence-electron chi connectivity index (χ3n) is 4.86. The molecule has 144 valence electrons. The lowest BCUT2D eigenvalue weighted by molar-refractivity contribution is 0.101. The molecule has 0 amide bonds. The number of nitrogens with one attached hydrogen (secondary N) is 1. The molecule has 0 aliphatic carbocycles. The summed E-state index contributed by atoms with van der Waals surface area (Å²) >= 11 is 0. The van der Waals surface area contributed by atoms with Crippen LogP contribution in [0.15, 0.2) is 59.5 Å². The minimum Gasteiger partial charge on any atom is -0.378 e. The number of rotatable bonds is 6. The number of hydrogen-bond donors (Lipinski definition) is 1. The molecular formula is C21H26N2O3S. The lowest BCUT2D eigenvalue weighted by Gasteiger charge is -2.34. The molecule has 1 aliphatic rings. The van der Waals surface area contributed by atoms with Gasteiger partial charge >= 0.3 is 0 Å². The van der Waals surface area contributed by atoms with Gasteiger partial charge in [0, 0.05) is 24.3 Å². The van der Waals surface area contributed by atoms with Gasteiger partial charge in [-0.2, -0.15) is 4.31 Å². The summed E-state index contributed by atoms with van der Waals surface area (Å²) < 4.78 is 27.6. The van der Waals surface area contributed by atoms with E-state index < -0.39 is 10.0 Å². The van der Waals surface area contributed by atoms with Crippen molar-refractivity contribution in [3.8, 4) is 0 Å². The monoisotopic (exact) mass is 386 g/mol. The first-order chi connectivity index (χ1) is 12.9. The first-order valence-corrected chi connectivity index (χ1v) is 10.7. The Kier molecular flexibility index (Phi) is 5.97. The molecule has 0 bridgehead atoms. The Balaban J connectivity index is 1.75. The van der Waals surface area contributed by atoms with Gasteiger partial charge in [-0.05, 0) is 42.5 Å². The SMILES string of the molecule is CC1CC(C)CN(S(=O)(=O)c2cccc(C(=O)CNc3ccccc3)c2)C1. The molecule has 0 saturated carbocycles. The van der Waals surface area contributed by atoms with Crippen molar-refractivity contribution < 1.29 is 13.2 Å². The Morgan fingerprint density at radius 2 is 1.70 bits per heavy atom. The summed E-state index contributed by atoms with van der Waals surface area (Å²) in [4.78, 5) is 12.7. The smallest absolute Gasteiger partial charge is 0.243 e. The van der Waals surface area contributed by atoms with Gasteiger partial charge in [0.05, 0.1) is 11.4 Å². The van der Waals surface area contributed by atoms with E-state index in [2.05, 4.69) is 19.2 Å². The van der Waals surface area contributed by atoms with Gasteiger partial charge in [-0.15, -0.1) is 0 Å². The number of anilines is 1. The van der Waals surface area contributed by atoms with Crippen LogP contribution in [0.25, 0.3) is 0 Å². The summed E-state index contributed by atoms with van der Waals surface area (Å²) in [7, 11) is -3.59. The fourth-order valence-corrected chi connectivity index (χ4v) is 5.35. The van der Waals surface area contributed by atoms with Crippen LogP contribution in [-0.2, 0) is 10.0 Å². The van der Waals surface area contributed by atoms with E-state index in [1.165, 1.54) is 6.07 Å². The molecule has 2 aromatic carbocycles. The molecular weight excluding hydrogens is 360 g/mol. The summed E-state index contributed by atoms with van der Waals surface area (Å²) in [6, 6.07) is 15.8. The first-order valence-electron chi connectivity index (χ1n) is 9.28. The number of hydrogen-bond acceptors (Lipinski definition) is 4. The van der Waals surface area contributed by atoms with E-state index in [4.69, 9.17) is 0 Å². The molecule has 0 aromatic heterocycles. The fourth-order valence-electron chi connectivity index (χ4n) is 3.62. The molecule has 1 saturated heterocycles. The van der Waals surface area contributed by atoms with Crippen LogP contribution in [0.1, 0.15) is 30.6 Å². The largest absolute Gasteiger partial charge is 0.378 e. The lowest BCUT2D eigenvalue weighted by atomic mass is 9.94. The highest BCUT2D eigenvalue weighted by Crippen LogP contribution is 2.27. The Bertz CT molecular complexity index is 887. The van der Waals surface area contributed by atoms with Gasteiger partial charge in [0.25, 0.3) is 0 Å². The predicted octanol–water partition coefficient (Wildman–Crippen LogP) is 3.65. The number of sulfonamides is 1. The molecule has 27 heavy (non-hydrogen) atoms. The van der Waals surface area contributed by atoms with Gasteiger partial charge in [0.1, 0.15) is 0 Å². The van der Waals surface area contributed by atoms with Gasteiger partial charge in [0.15, 0.2) is 5.78 Å². The number of piperidine rings is 1. The Morgan fingerprint density at radius 3 is 2.37 bits per heavy atom. The molecule has 3 rings (SSSR count). The van der Waals surface area contributed by atoms with E-state index >= 15 is 0 Å². The molecule has 2 atom stereocenters. The molecule has 0 radical (unpaired) electrons. The second-order valence-electron chi connectivity index (χ2n) is 7.44. The quantitative estimate of drug-likeness (QED) is 0.770.